The van der Waals surface area contributed by atoms with Crippen LogP contribution in [0.1, 0.15) is 22.3 Å². The van der Waals surface area contributed by atoms with E-state index in [9.17, 15) is 27.0 Å². The largest absolute Gasteiger partial charge is 0.399 e. The van der Waals surface area contributed by atoms with Gasteiger partial charge in [0, 0.05) is 135 Å². The molecule has 164 valence electrons. The van der Waals surface area contributed by atoms with E-state index >= 15 is 0 Å². The molecule has 2 N–H and O–H groups in total. The molecule has 0 unspecified atom stereocenters. The van der Waals surface area contributed by atoms with E-state index in [1.165, 1.54) is 36.0 Å². The topological polar surface area (TPSA) is 93.1 Å². The molecule has 33 heavy (non-hydrogen) atoms. The molecule has 0 aromatic heterocycles. The van der Waals surface area contributed by atoms with Gasteiger partial charge in [-0.25, -0.2) is 0 Å². The van der Waals surface area contributed by atoms with Crippen molar-refractivity contribution in [3.05, 3.63) is 70.8 Å². The minimum Gasteiger partial charge on any atom is -0.320 e. The third-order valence-corrected chi connectivity index (χ3v) is 7.05. The van der Waals surface area contributed by atoms with Gasteiger partial charge in [-0.05, 0) is 25.7 Å². The molecule has 0 aliphatic heterocycles. The van der Waals surface area contributed by atoms with Gasteiger partial charge in [-0.3, -0.25) is 9.13 Å². The van der Waals surface area contributed by atoms with Gasteiger partial charge in [0.25, 0.3) is 0 Å². The summed E-state index contributed by atoms with van der Waals surface area (Å²) < 4.78 is 79.7. The molecule has 0 spiro atoms. The zero-order chi connectivity index (χ0) is 21.7. The van der Waals surface area contributed by atoms with Gasteiger partial charge in [-0.2, -0.15) is 20.5 Å². The number of halogens is 4. The summed E-state index contributed by atoms with van der Waals surface area (Å²) in [6.45, 7) is 0. The number of alkyl halides is 2. The van der Waals surface area contributed by atoms with Crippen molar-refractivity contribution in [2.24, 2.45) is 0 Å². The molecular weight excluding hydrogens is 550 g/mol. The van der Waals surface area contributed by atoms with Crippen LogP contribution in [0.2, 0.25) is 0 Å². The van der Waals surface area contributed by atoms with Gasteiger partial charge in [0.1, 0.15) is 0 Å². The molecule has 0 atom stereocenters. The van der Waals surface area contributed by atoms with E-state index < -0.39 is 32.6 Å². The van der Waals surface area contributed by atoms with E-state index in [0.717, 1.165) is 17.7 Å². The average Bonchev–Trinajstić information content (AvgIpc) is 2.69. The Hall–Kier alpha value is 2.81. The Bertz CT molecular complexity index is 914. The smallest absolute Gasteiger partial charge is 0.320 e. The van der Waals surface area contributed by atoms with Gasteiger partial charge in [-0.15, -0.1) is 9.46 Å². The molecule has 0 fully saturated rings. The number of benzene rings is 2. The summed E-state index contributed by atoms with van der Waals surface area (Å²) in [5.74, 6) is 0.974. The van der Waals surface area contributed by atoms with Crippen molar-refractivity contribution in [1.29, 1.82) is 0 Å². The molecule has 6 nitrogen and oxygen atoms in total. The zero-order valence-corrected chi connectivity index (χ0v) is 29.2. The van der Waals surface area contributed by atoms with Crippen LogP contribution in [0, 0.1) is 0 Å². The van der Waals surface area contributed by atoms with Crippen molar-refractivity contribution in [2.45, 2.75) is 23.3 Å². The predicted octanol–water partition coefficient (Wildman–Crippen LogP) is 4.32. The van der Waals surface area contributed by atoms with Crippen LogP contribution in [-0.4, -0.2) is 128 Å². The summed E-state index contributed by atoms with van der Waals surface area (Å²) in [6, 6.07) is 11.0. The fraction of sp³-hybridized carbons (Fsp3) is 0.250. The SMILES string of the molecule is O=P(Cc1ccc(CSCc2ccc(C(F)(F)P(=O)(O)O)cc2)cc1)(OF)OF.[Na].[Na].[Na].[Na]. The van der Waals surface area contributed by atoms with E-state index in [2.05, 4.69) is 9.46 Å². The van der Waals surface area contributed by atoms with Crippen molar-refractivity contribution < 1.29 is 46.2 Å². The molecule has 2 aromatic rings. The first-order chi connectivity index (χ1) is 13.5. The standard InChI is InChI=1S/C16H16F4O6P2S.4Na/c17-16(18,28(22,23)24)15-7-5-14(6-8-15)11-29-10-13-3-1-12(2-4-13)9-27(21,25-19)26-20;;;;/h1-8H,9-11H2,(H2,22,23,24);;;;. The summed E-state index contributed by atoms with van der Waals surface area (Å²) in [4.78, 5) is 17.5. The van der Waals surface area contributed by atoms with E-state index in [4.69, 9.17) is 9.79 Å². The number of hydrogen-bond donors (Lipinski definition) is 2. The molecule has 0 bridgehead atoms. The van der Waals surface area contributed by atoms with Crippen LogP contribution < -0.4 is 0 Å². The third-order valence-electron chi connectivity index (χ3n) is 3.81. The Morgan fingerprint density at radius 1 is 0.758 bits per heavy atom. The predicted molar refractivity (Wildman–Crippen MR) is 123 cm³/mol. The van der Waals surface area contributed by atoms with Crippen LogP contribution in [0.15, 0.2) is 48.5 Å². The number of rotatable bonds is 10. The van der Waals surface area contributed by atoms with E-state index in [-0.39, 0.29) is 118 Å². The van der Waals surface area contributed by atoms with Crippen LogP contribution in [0.3, 0.4) is 0 Å². The first-order valence-corrected chi connectivity index (χ1v) is 12.4. The number of hydrogen-bond acceptors (Lipinski definition) is 5. The van der Waals surface area contributed by atoms with Gasteiger partial charge in [0.05, 0.1) is 6.16 Å². The fourth-order valence-corrected chi connectivity index (χ4v) is 4.50. The van der Waals surface area contributed by atoms with Crippen molar-refractivity contribution in [1.82, 2.24) is 0 Å². The Morgan fingerprint density at radius 3 is 1.48 bits per heavy atom. The quantitative estimate of drug-likeness (QED) is 0.252. The first-order valence-electron chi connectivity index (χ1n) is 7.89. The minimum absolute atomic E-state index is 0. The van der Waals surface area contributed by atoms with Gasteiger partial charge in [0.15, 0.2) is 0 Å². The molecule has 0 amide bonds. The average molecular weight is 566 g/mol. The second-order valence-electron chi connectivity index (χ2n) is 6.00. The van der Waals surface area contributed by atoms with E-state index in [1.54, 1.807) is 12.1 Å². The maximum absolute atomic E-state index is 13.6. The molecule has 0 aliphatic carbocycles. The monoisotopic (exact) mass is 566 g/mol. The fourth-order valence-electron chi connectivity index (χ4n) is 2.28. The summed E-state index contributed by atoms with van der Waals surface area (Å²) in [5, 5.41) is 0. The van der Waals surface area contributed by atoms with E-state index in [1.807, 2.05) is 0 Å². The van der Waals surface area contributed by atoms with Gasteiger partial charge >= 0.3 is 20.9 Å². The zero-order valence-electron chi connectivity index (χ0n) is 18.6. The Labute approximate surface area is 281 Å². The van der Waals surface area contributed by atoms with Crippen molar-refractivity contribution in [3.8, 4) is 0 Å². The molecule has 4 radical (unpaired) electrons. The number of thioether (sulfide) groups is 1. The first kappa shape index (κ1) is 40.3. The summed E-state index contributed by atoms with van der Waals surface area (Å²) >= 11 is 1.44. The normalized spacial score (nSPS) is 11.3. The Kier molecular flexibility index (Phi) is 22.2. The molecule has 0 saturated heterocycles. The summed E-state index contributed by atoms with van der Waals surface area (Å²) in [6.07, 6.45) is -0.570. The summed E-state index contributed by atoms with van der Waals surface area (Å²) in [5.41, 5.74) is -3.13. The molecular formula is C16H16F4Na4O6P2S. The van der Waals surface area contributed by atoms with Crippen LogP contribution >= 0.6 is 27.0 Å². The second kappa shape index (κ2) is 18.2. The van der Waals surface area contributed by atoms with Crippen molar-refractivity contribution in [3.63, 3.8) is 0 Å². The molecule has 2 rings (SSSR count). The van der Waals surface area contributed by atoms with E-state index in [0.29, 0.717) is 22.6 Å². The molecule has 0 aliphatic rings. The van der Waals surface area contributed by atoms with Gasteiger partial charge < -0.3 is 9.79 Å². The maximum atomic E-state index is 13.6. The van der Waals surface area contributed by atoms with Gasteiger partial charge in [0.2, 0.25) is 0 Å². The molecule has 2 aromatic carbocycles. The maximum Gasteiger partial charge on any atom is 0.399 e. The molecule has 0 saturated carbocycles. The molecule has 0 heterocycles. The third kappa shape index (κ3) is 12.5. The van der Waals surface area contributed by atoms with Crippen LogP contribution in [-0.2, 0) is 41.9 Å². The van der Waals surface area contributed by atoms with Crippen molar-refractivity contribution >= 4 is 145 Å². The summed E-state index contributed by atoms with van der Waals surface area (Å²) in [7, 11) is -10.0. The van der Waals surface area contributed by atoms with Crippen LogP contribution in [0.5, 0.6) is 0 Å². The second-order valence-corrected chi connectivity index (χ2v) is 10.4. The van der Waals surface area contributed by atoms with Gasteiger partial charge in [-0.1, -0.05) is 48.5 Å². The Morgan fingerprint density at radius 2 is 1.12 bits per heavy atom. The molecule has 17 heteroatoms. The van der Waals surface area contributed by atoms with Crippen LogP contribution in [0.25, 0.3) is 0 Å². The Balaban J connectivity index is -0.00000225. The minimum atomic E-state index is -5.60. The van der Waals surface area contributed by atoms with Crippen molar-refractivity contribution in [2.75, 3.05) is 0 Å². The van der Waals surface area contributed by atoms with Crippen LogP contribution in [0.4, 0.5) is 17.8 Å².